The van der Waals surface area contributed by atoms with Crippen LogP contribution in [0.15, 0.2) is 30.7 Å². The van der Waals surface area contributed by atoms with Gasteiger partial charge in [0.2, 0.25) is 0 Å². The Hall–Kier alpha value is -2.45. The molecule has 0 fully saturated rings. The van der Waals surface area contributed by atoms with Crippen molar-refractivity contribution < 1.29 is 27.0 Å². The highest BCUT2D eigenvalue weighted by Gasteiger charge is 2.65. The lowest BCUT2D eigenvalue weighted by Crippen LogP contribution is -2.52. The summed E-state index contributed by atoms with van der Waals surface area (Å²) in [6, 6.07) is 3.70. The highest BCUT2D eigenvalue weighted by atomic mass is 19.3. The summed E-state index contributed by atoms with van der Waals surface area (Å²) in [5.74, 6) is -0.908. The number of fused-ring (bicyclic) bond motifs is 1. The molecule has 2 N–H and O–H groups in total. The van der Waals surface area contributed by atoms with Crippen molar-refractivity contribution >= 4 is 5.69 Å². The fraction of sp³-hybridized carbons (Fsp3) is 0.250. The highest BCUT2D eigenvalue weighted by molar-refractivity contribution is 5.55. The lowest BCUT2D eigenvalue weighted by Gasteiger charge is -2.31. The van der Waals surface area contributed by atoms with E-state index in [1.54, 1.807) is 6.20 Å². The Labute approximate surface area is 115 Å². The van der Waals surface area contributed by atoms with Gasteiger partial charge in [-0.2, -0.15) is 17.6 Å². The highest BCUT2D eigenvalue weighted by Crippen LogP contribution is 2.47. The van der Waals surface area contributed by atoms with Gasteiger partial charge >= 0.3 is 12.2 Å². The van der Waals surface area contributed by atoms with Gasteiger partial charge in [-0.25, -0.2) is 4.98 Å². The molecule has 112 valence electrons. The van der Waals surface area contributed by atoms with E-state index in [9.17, 15) is 17.6 Å². The SMILES string of the molecule is FC1(F)Oc2ccc(NCc3c[nH]cn3)cc2OC1(F)F. The Balaban J connectivity index is 1.79. The standard InChI is InChI=1S/C12H9F4N3O2/c13-11(14)12(15,16)21-10-3-7(1-2-9(10)20-11)18-5-8-4-17-6-19-8/h1-4,6,18H,5H2,(H,17,19). The second-order valence-electron chi connectivity index (χ2n) is 4.31. The molecule has 0 radical (unpaired) electrons. The number of halogens is 4. The Morgan fingerprint density at radius 2 is 1.81 bits per heavy atom. The van der Waals surface area contributed by atoms with Crippen molar-refractivity contribution in [1.82, 2.24) is 9.97 Å². The maximum Gasteiger partial charge on any atom is 0.507 e. The minimum absolute atomic E-state index is 0.329. The molecule has 1 aromatic carbocycles. The van der Waals surface area contributed by atoms with Crippen LogP contribution >= 0.6 is 0 Å². The predicted octanol–water partition coefficient (Wildman–Crippen LogP) is 2.98. The van der Waals surface area contributed by atoms with E-state index >= 15 is 0 Å². The van der Waals surface area contributed by atoms with Crippen LogP contribution in [0.4, 0.5) is 23.2 Å². The molecule has 0 atom stereocenters. The maximum absolute atomic E-state index is 13.1. The first-order valence-electron chi connectivity index (χ1n) is 5.87. The van der Waals surface area contributed by atoms with Gasteiger partial charge in [0, 0.05) is 18.0 Å². The number of H-pyrrole nitrogens is 1. The minimum atomic E-state index is -4.72. The molecule has 0 amide bonds. The Kier molecular flexibility index (Phi) is 2.92. The number of nitrogens with zero attached hydrogens (tertiary/aromatic N) is 1. The molecular weight excluding hydrogens is 294 g/mol. The molecule has 0 spiro atoms. The predicted molar refractivity (Wildman–Crippen MR) is 63.5 cm³/mol. The van der Waals surface area contributed by atoms with E-state index in [4.69, 9.17) is 0 Å². The lowest BCUT2D eigenvalue weighted by atomic mass is 10.2. The van der Waals surface area contributed by atoms with Crippen molar-refractivity contribution in [2.24, 2.45) is 0 Å². The van der Waals surface area contributed by atoms with Gasteiger partial charge in [0.15, 0.2) is 11.5 Å². The Morgan fingerprint density at radius 3 is 2.48 bits per heavy atom. The van der Waals surface area contributed by atoms with Gasteiger partial charge in [-0.3, -0.25) is 0 Å². The molecule has 0 aliphatic carbocycles. The van der Waals surface area contributed by atoms with E-state index in [1.165, 1.54) is 12.4 Å². The molecule has 0 saturated heterocycles. The first-order valence-corrected chi connectivity index (χ1v) is 5.87. The van der Waals surface area contributed by atoms with Crippen LogP contribution in [0.25, 0.3) is 0 Å². The molecule has 21 heavy (non-hydrogen) atoms. The first-order chi connectivity index (χ1) is 9.87. The van der Waals surface area contributed by atoms with E-state index < -0.39 is 23.7 Å². The van der Waals surface area contributed by atoms with Crippen molar-refractivity contribution in [2.75, 3.05) is 5.32 Å². The maximum atomic E-state index is 13.1. The van der Waals surface area contributed by atoms with Gasteiger partial charge < -0.3 is 19.8 Å². The van der Waals surface area contributed by atoms with Crippen LogP contribution in [-0.2, 0) is 6.54 Å². The summed E-state index contributed by atoms with van der Waals surface area (Å²) in [7, 11) is 0. The van der Waals surface area contributed by atoms with E-state index in [0.29, 0.717) is 17.9 Å². The summed E-state index contributed by atoms with van der Waals surface area (Å²) in [6.07, 6.45) is -6.28. The molecule has 3 rings (SSSR count). The fourth-order valence-electron chi connectivity index (χ4n) is 1.76. The summed E-state index contributed by atoms with van der Waals surface area (Å²) >= 11 is 0. The normalized spacial score (nSPS) is 18.3. The molecule has 0 bridgehead atoms. The topological polar surface area (TPSA) is 59.2 Å². The summed E-state index contributed by atoms with van der Waals surface area (Å²) in [5, 5.41) is 2.89. The number of imidazole rings is 1. The third-order valence-electron chi connectivity index (χ3n) is 2.79. The number of anilines is 1. The smallest absolute Gasteiger partial charge is 0.421 e. The second-order valence-corrected chi connectivity index (χ2v) is 4.31. The monoisotopic (exact) mass is 303 g/mol. The van der Waals surface area contributed by atoms with Gasteiger partial charge in [-0.1, -0.05) is 0 Å². The third kappa shape index (κ3) is 2.46. The van der Waals surface area contributed by atoms with Crippen LogP contribution in [0.2, 0.25) is 0 Å². The average Bonchev–Trinajstić information content (AvgIpc) is 2.90. The third-order valence-corrected chi connectivity index (χ3v) is 2.79. The number of aromatic amines is 1. The average molecular weight is 303 g/mol. The molecule has 0 unspecified atom stereocenters. The van der Waals surface area contributed by atoms with Crippen molar-refractivity contribution in [3.05, 3.63) is 36.4 Å². The number of ether oxygens (including phenoxy) is 2. The van der Waals surface area contributed by atoms with E-state index in [1.807, 2.05) is 0 Å². The number of hydrogen-bond donors (Lipinski definition) is 2. The summed E-state index contributed by atoms with van der Waals surface area (Å²) in [6.45, 7) is 0.329. The van der Waals surface area contributed by atoms with Gasteiger partial charge in [-0.05, 0) is 12.1 Å². The van der Waals surface area contributed by atoms with Gasteiger partial charge in [-0.15, -0.1) is 0 Å². The molecular formula is C12H9F4N3O2. The summed E-state index contributed by atoms with van der Waals surface area (Å²) in [4.78, 5) is 6.73. The van der Waals surface area contributed by atoms with Crippen molar-refractivity contribution in [2.45, 2.75) is 18.8 Å². The molecule has 2 aromatic rings. The lowest BCUT2D eigenvalue weighted by molar-refractivity contribution is -0.391. The van der Waals surface area contributed by atoms with Crippen molar-refractivity contribution in [3.63, 3.8) is 0 Å². The van der Waals surface area contributed by atoms with Crippen LogP contribution in [-0.4, -0.2) is 22.2 Å². The zero-order valence-corrected chi connectivity index (χ0v) is 10.4. The number of benzene rings is 1. The molecule has 1 aromatic heterocycles. The van der Waals surface area contributed by atoms with E-state index in [2.05, 4.69) is 24.8 Å². The zero-order valence-electron chi connectivity index (χ0n) is 10.4. The minimum Gasteiger partial charge on any atom is -0.421 e. The largest absolute Gasteiger partial charge is 0.507 e. The number of rotatable bonds is 3. The fourth-order valence-corrected chi connectivity index (χ4v) is 1.76. The van der Waals surface area contributed by atoms with Crippen molar-refractivity contribution in [1.29, 1.82) is 0 Å². The molecule has 9 heteroatoms. The molecule has 5 nitrogen and oxygen atoms in total. The quantitative estimate of drug-likeness (QED) is 0.856. The van der Waals surface area contributed by atoms with Crippen LogP contribution in [0, 0.1) is 0 Å². The van der Waals surface area contributed by atoms with Gasteiger partial charge in [0.1, 0.15) is 0 Å². The number of aromatic nitrogens is 2. The molecule has 2 heterocycles. The van der Waals surface area contributed by atoms with Crippen molar-refractivity contribution in [3.8, 4) is 11.5 Å². The first kappa shape index (κ1) is 13.5. The van der Waals surface area contributed by atoms with Gasteiger partial charge in [0.05, 0.1) is 18.6 Å². The molecule has 0 saturated carbocycles. The molecule has 1 aliphatic heterocycles. The number of nitrogens with one attached hydrogen (secondary N) is 2. The van der Waals surface area contributed by atoms with Crippen LogP contribution in [0.3, 0.4) is 0 Å². The van der Waals surface area contributed by atoms with Crippen LogP contribution in [0.1, 0.15) is 5.69 Å². The van der Waals surface area contributed by atoms with Gasteiger partial charge in [0.25, 0.3) is 0 Å². The van der Waals surface area contributed by atoms with E-state index in [-0.39, 0.29) is 0 Å². The van der Waals surface area contributed by atoms with E-state index in [0.717, 1.165) is 12.1 Å². The van der Waals surface area contributed by atoms with Crippen LogP contribution in [0.5, 0.6) is 11.5 Å². The summed E-state index contributed by atoms with van der Waals surface area (Å²) < 4.78 is 60.1. The second kappa shape index (κ2) is 4.54. The Morgan fingerprint density at radius 1 is 1.10 bits per heavy atom. The Bertz CT molecular complexity index is 646. The number of hydrogen-bond acceptors (Lipinski definition) is 4. The van der Waals surface area contributed by atoms with Crippen LogP contribution < -0.4 is 14.8 Å². The zero-order chi connectivity index (χ0) is 15.1. The molecule has 1 aliphatic rings. The summed E-state index contributed by atoms with van der Waals surface area (Å²) in [5.41, 5.74) is 1.10. The number of alkyl halides is 4.